The number of carbonyl (C=O) groups excluding carboxylic acids is 1. The van der Waals surface area contributed by atoms with Crippen molar-refractivity contribution >= 4 is 28.4 Å². The first kappa shape index (κ1) is 8.29. The Kier molecular flexibility index (Phi) is 1.62. The minimum absolute atomic E-state index is 0.195. The molecule has 0 fully saturated rings. The third-order valence-electron chi connectivity index (χ3n) is 2.28. The Morgan fingerprint density at radius 1 is 1.58 bits per heavy atom. The summed E-state index contributed by atoms with van der Waals surface area (Å²) in [5, 5.41) is 0. The highest BCUT2D eigenvalue weighted by Crippen LogP contribution is 2.32. The number of hydrogen-bond acceptors (Lipinski definition) is 1. The average Bonchev–Trinajstić information content (AvgIpc) is 2.35. The predicted octanol–water partition coefficient (Wildman–Crippen LogP) is 2.32. The van der Waals surface area contributed by atoms with Gasteiger partial charge in [-0.05, 0) is 28.7 Å². The molecule has 0 aliphatic carbocycles. The van der Waals surface area contributed by atoms with Gasteiger partial charge < -0.3 is 4.57 Å². The summed E-state index contributed by atoms with van der Waals surface area (Å²) in [6.07, 6.45) is 2.03. The molecule has 2 rings (SSSR count). The van der Waals surface area contributed by atoms with Crippen LogP contribution in [0.1, 0.15) is 24.3 Å². The molecule has 12 heavy (non-hydrogen) atoms. The smallest absolute Gasteiger partial charge is 0.186 e. The Balaban J connectivity index is 2.53. The molecule has 0 atom stereocenters. The number of aromatic nitrogens is 1. The molecule has 1 aliphatic heterocycles. The molecule has 1 aliphatic rings. The molecule has 0 bridgehead atoms. The molecule has 2 nitrogen and oxygen atoms in total. The standard InChI is InChI=1S/C9H10INO/c1-9(2)5-11-4-6(10)3-7(11)8(9)12/h3-4H,5H2,1-2H3. The molecule has 1 aromatic heterocycles. The van der Waals surface area contributed by atoms with Gasteiger partial charge in [-0.3, -0.25) is 4.79 Å². The summed E-state index contributed by atoms with van der Waals surface area (Å²) in [6, 6.07) is 1.96. The van der Waals surface area contributed by atoms with Crippen molar-refractivity contribution in [1.82, 2.24) is 4.57 Å². The molecule has 0 aromatic carbocycles. The van der Waals surface area contributed by atoms with Crippen LogP contribution in [0.4, 0.5) is 0 Å². The largest absolute Gasteiger partial charge is 0.343 e. The zero-order valence-electron chi connectivity index (χ0n) is 7.10. The highest BCUT2D eigenvalue weighted by Gasteiger charge is 2.37. The molecule has 0 saturated heterocycles. The third kappa shape index (κ3) is 1.02. The average molecular weight is 275 g/mol. The lowest BCUT2D eigenvalue weighted by atomic mass is 9.90. The van der Waals surface area contributed by atoms with Crippen LogP contribution in [0.3, 0.4) is 0 Å². The van der Waals surface area contributed by atoms with Gasteiger partial charge in [-0.15, -0.1) is 0 Å². The van der Waals surface area contributed by atoms with E-state index in [-0.39, 0.29) is 11.2 Å². The van der Waals surface area contributed by atoms with Crippen molar-refractivity contribution in [2.24, 2.45) is 5.41 Å². The highest BCUT2D eigenvalue weighted by molar-refractivity contribution is 14.1. The lowest BCUT2D eigenvalue weighted by Gasteiger charge is -2.12. The highest BCUT2D eigenvalue weighted by atomic mass is 127. The number of carbonyl (C=O) groups is 1. The molecule has 0 saturated carbocycles. The number of rotatable bonds is 0. The fourth-order valence-corrected chi connectivity index (χ4v) is 2.27. The van der Waals surface area contributed by atoms with Crippen LogP contribution < -0.4 is 0 Å². The second-order valence-corrected chi connectivity index (χ2v) is 5.13. The SMILES string of the molecule is CC1(C)Cn2cc(I)cc2C1=O. The molecule has 0 amide bonds. The summed E-state index contributed by atoms with van der Waals surface area (Å²) < 4.78 is 3.19. The normalized spacial score (nSPS) is 19.8. The van der Waals surface area contributed by atoms with E-state index < -0.39 is 0 Å². The van der Waals surface area contributed by atoms with E-state index in [1.54, 1.807) is 0 Å². The van der Waals surface area contributed by atoms with Gasteiger partial charge in [-0.25, -0.2) is 0 Å². The van der Waals surface area contributed by atoms with Crippen LogP contribution in [0.2, 0.25) is 0 Å². The Labute approximate surface area is 85.1 Å². The predicted molar refractivity (Wildman–Crippen MR) is 55.3 cm³/mol. The summed E-state index contributed by atoms with van der Waals surface area (Å²) in [7, 11) is 0. The summed E-state index contributed by atoms with van der Waals surface area (Å²) in [6.45, 7) is 4.81. The first-order valence-electron chi connectivity index (χ1n) is 3.91. The zero-order chi connectivity index (χ0) is 8.93. The van der Waals surface area contributed by atoms with E-state index in [1.165, 1.54) is 0 Å². The van der Waals surface area contributed by atoms with Crippen LogP contribution in [0.25, 0.3) is 0 Å². The maximum Gasteiger partial charge on any atom is 0.186 e. The molecular formula is C9H10INO. The Morgan fingerprint density at radius 2 is 2.25 bits per heavy atom. The van der Waals surface area contributed by atoms with Gasteiger partial charge in [0.25, 0.3) is 0 Å². The van der Waals surface area contributed by atoms with E-state index in [0.717, 1.165) is 15.8 Å². The Hall–Kier alpha value is -0.320. The number of ketones is 1. The van der Waals surface area contributed by atoms with Gasteiger partial charge in [0.1, 0.15) is 0 Å². The van der Waals surface area contributed by atoms with Crippen LogP contribution >= 0.6 is 22.6 Å². The minimum Gasteiger partial charge on any atom is -0.343 e. The van der Waals surface area contributed by atoms with E-state index in [0.29, 0.717) is 0 Å². The van der Waals surface area contributed by atoms with Crippen LogP contribution in [0.15, 0.2) is 12.3 Å². The van der Waals surface area contributed by atoms with Gasteiger partial charge in [0.15, 0.2) is 5.78 Å². The molecule has 0 radical (unpaired) electrons. The van der Waals surface area contributed by atoms with Crippen LogP contribution in [0.5, 0.6) is 0 Å². The number of Topliss-reactive ketones (excluding diaryl/α,β-unsaturated/α-hetero) is 1. The van der Waals surface area contributed by atoms with Gasteiger partial charge >= 0.3 is 0 Å². The van der Waals surface area contributed by atoms with Crippen molar-refractivity contribution in [1.29, 1.82) is 0 Å². The number of halogens is 1. The first-order chi connectivity index (χ1) is 5.50. The fourth-order valence-electron chi connectivity index (χ4n) is 1.64. The van der Waals surface area contributed by atoms with Crippen LogP contribution in [0, 0.1) is 8.99 Å². The van der Waals surface area contributed by atoms with E-state index in [2.05, 4.69) is 22.6 Å². The number of hydrogen-bond donors (Lipinski definition) is 0. The molecular weight excluding hydrogens is 265 g/mol. The lowest BCUT2D eigenvalue weighted by Crippen LogP contribution is -2.19. The molecule has 3 heteroatoms. The first-order valence-corrected chi connectivity index (χ1v) is 4.99. The number of nitrogens with zero attached hydrogens (tertiary/aromatic N) is 1. The van der Waals surface area contributed by atoms with Gasteiger partial charge in [0, 0.05) is 21.7 Å². The monoisotopic (exact) mass is 275 g/mol. The van der Waals surface area contributed by atoms with Crippen LogP contribution in [-0.2, 0) is 6.54 Å². The molecule has 0 spiro atoms. The van der Waals surface area contributed by atoms with Crippen molar-refractivity contribution in [2.45, 2.75) is 20.4 Å². The maximum absolute atomic E-state index is 11.7. The van der Waals surface area contributed by atoms with Gasteiger partial charge in [0.2, 0.25) is 0 Å². The van der Waals surface area contributed by atoms with E-state index in [1.807, 2.05) is 30.7 Å². The minimum atomic E-state index is -0.195. The van der Waals surface area contributed by atoms with Crippen molar-refractivity contribution in [3.8, 4) is 0 Å². The summed E-state index contributed by atoms with van der Waals surface area (Å²) in [5.41, 5.74) is 0.670. The molecule has 1 aromatic rings. The molecule has 2 heterocycles. The van der Waals surface area contributed by atoms with Crippen LogP contribution in [-0.4, -0.2) is 10.4 Å². The van der Waals surface area contributed by atoms with Gasteiger partial charge in [-0.1, -0.05) is 13.8 Å². The van der Waals surface area contributed by atoms with Gasteiger partial charge in [0.05, 0.1) is 5.69 Å². The zero-order valence-corrected chi connectivity index (χ0v) is 9.25. The summed E-state index contributed by atoms with van der Waals surface area (Å²) in [4.78, 5) is 11.7. The van der Waals surface area contributed by atoms with Crippen molar-refractivity contribution in [3.05, 3.63) is 21.5 Å². The van der Waals surface area contributed by atoms with E-state index >= 15 is 0 Å². The van der Waals surface area contributed by atoms with E-state index in [9.17, 15) is 4.79 Å². The van der Waals surface area contributed by atoms with Crippen molar-refractivity contribution in [2.75, 3.05) is 0 Å². The Morgan fingerprint density at radius 3 is 2.83 bits per heavy atom. The van der Waals surface area contributed by atoms with E-state index in [4.69, 9.17) is 0 Å². The topological polar surface area (TPSA) is 22.0 Å². The molecule has 0 N–H and O–H groups in total. The number of fused-ring (bicyclic) bond motifs is 1. The molecule has 0 unspecified atom stereocenters. The molecule has 64 valence electrons. The fraction of sp³-hybridized carbons (Fsp3) is 0.444. The maximum atomic E-state index is 11.7. The van der Waals surface area contributed by atoms with Crippen molar-refractivity contribution < 1.29 is 4.79 Å². The lowest BCUT2D eigenvalue weighted by molar-refractivity contribution is 0.0860. The third-order valence-corrected chi connectivity index (χ3v) is 2.87. The quantitative estimate of drug-likeness (QED) is 0.666. The summed E-state index contributed by atoms with van der Waals surface area (Å²) in [5.74, 6) is 0.269. The summed E-state index contributed by atoms with van der Waals surface area (Å²) >= 11 is 2.23. The Bertz CT molecular complexity index is 351. The second-order valence-electron chi connectivity index (χ2n) is 3.88. The second kappa shape index (κ2) is 2.34. The van der Waals surface area contributed by atoms with Gasteiger partial charge in [-0.2, -0.15) is 0 Å². The van der Waals surface area contributed by atoms with Crippen molar-refractivity contribution in [3.63, 3.8) is 0 Å².